The van der Waals surface area contributed by atoms with Crippen LogP contribution in [0, 0.1) is 0 Å². The molecule has 0 aliphatic carbocycles. The summed E-state index contributed by atoms with van der Waals surface area (Å²) < 4.78 is 17.3. The van der Waals surface area contributed by atoms with Crippen LogP contribution in [0.5, 0.6) is 5.75 Å². The minimum absolute atomic E-state index is 0.0533. The average molecular weight is 413 g/mol. The molecule has 2 aromatic rings. The van der Waals surface area contributed by atoms with E-state index < -0.39 is 19.4 Å². The highest BCUT2D eigenvalue weighted by Gasteiger charge is 2.24. The van der Waals surface area contributed by atoms with Gasteiger partial charge in [0.05, 0.1) is 25.5 Å². The van der Waals surface area contributed by atoms with Gasteiger partial charge < -0.3 is 25.2 Å². The summed E-state index contributed by atoms with van der Waals surface area (Å²) in [6.45, 7) is 1.94. The number of hydrogen-bond acceptors (Lipinski definition) is 6. The molecule has 2 rings (SSSR count). The van der Waals surface area contributed by atoms with Gasteiger partial charge in [0.1, 0.15) is 11.3 Å². The number of aliphatic hydroxyl groups excluding tert-OH is 1. The van der Waals surface area contributed by atoms with Gasteiger partial charge in [0.2, 0.25) is 7.37 Å². The van der Waals surface area contributed by atoms with Crippen LogP contribution in [0.25, 0.3) is 0 Å². The molecule has 1 heterocycles. The molecule has 0 bridgehead atoms. The third-order valence-corrected chi connectivity index (χ3v) is 7.01. The summed E-state index contributed by atoms with van der Waals surface area (Å²) in [5, 5.41) is 24.3. The number of rotatable bonds is 10. The molecule has 1 aromatic carbocycles. The summed E-state index contributed by atoms with van der Waals surface area (Å²) >= 11 is 1.41. The molecular formula is C18H24NO6PS. The highest BCUT2D eigenvalue weighted by Crippen LogP contribution is 2.45. The Hall–Kier alpha value is -1.70. The number of aliphatic hydroxyl groups is 1. The maximum atomic E-state index is 12.3. The van der Waals surface area contributed by atoms with Crippen LogP contribution in [0.2, 0.25) is 0 Å². The van der Waals surface area contributed by atoms with E-state index in [0.717, 1.165) is 4.88 Å². The Labute approximate surface area is 162 Å². The summed E-state index contributed by atoms with van der Waals surface area (Å²) in [6.07, 6.45) is -1.13. The first-order valence-corrected chi connectivity index (χ1v) is 11.3. The fourth-order valence-electron chi connectivity index (χ4n) is 2.70. The Balaban J connectivity index is 1.92. The van der Waals surface area contributed by atoms with E-state index >= 15 is 0 Å². The number of nitrogens with one attached hydrogen (secondary N) is 1. The molecular weight excluding hydrogens is 389 g/mol. The second kappa shape index (κ2) is 9.48. The Morgan fingerprint density at radius 1 is 1.37 bits per heavy atom. The normalized spacial score (nSPS) is 15.7. The van der Waals surface area contributed by atoms with Crippen LogP contribution in [0.15, 0.2) is 35.7 Å². The number of thiophene rings is 1. The van der Waals surface area contributed by atoms with Crippen LogP contribution in [-0.4, -0.2) is 47.0 Å². The Bertz CT molecular complexity index is 810. The molecule has 2 unspecified atom stereocenters. The Morgan fingerprint density at radius 3 is 2.70 bits per heavy atom. The summed E-state index contributed by atoms with van der Waals surface area (Å²) in [5.41, 5.74) is 0.770. The molecule has 0 radical (unpaired) electrons. The van der Waals surface area contributed by atoms with E-state index in [9.17, 15) is 24.5 Å². The fourth-order valence-corrected chi connectivity index (χ4v) is 5.60. The highest BCUT2D eigenvalue weighted by atomic mass is 32.1. The Morgan fingerprint density at radius 2 is 2.11 bits per heavy atom. The lowest BCUT2D eigenvalue weighted by Gasteiger charge is -2.20. The molecule has 148 valence electrons. The van der Waals surface area contributed by atoms with Crippen LogP contribution >= 0.6 is 18.7 Å². The van der Waals surface area contributed by atoms with E-state index in [4.69, 9.17) is 4.74 Å². The first-order valence-electron chi connectivity index (χ1n) is 8.37. The van der Waals surface area contributed by atoms with Gasteiger partial charge >= 0.3 is 5.97 Å². The molecule has 0 aliphatic heterocycles. The van der Waals surface area contributed by atoms with Crippen molar-refractivity contribution in [1.29, 1.82) is 0 Å². The molecule has 3 atom stereocenters. The van der Waals surface area contributed by atoms with Crippen molar-refractivity contribution in [2.45, 2.75) is 25.2 Å². The zero-order valence-corrected chi connectivity index (χ0v) is 16.9. The number of carbonyl (C=O) groups is 1. The topological polar surface area (TPSA) is 116 Å². The van der Waals surface area contributed by atoms with Crippen LogP contribution in [0.1, 0.15) is 33.8 Å². The number of carboxylic acid groups (broad SMARTS) is 1. The monoisotopic (exact) mass is 413 g/mol. The van der Waals surface area contributed by atoms with Gasteiger partial charge in [0, 0.05) is 17.5 Å². The summed E-state index contributed by atoms with van der Waals surface area (Å²) in [6, 6.07) is 8.20. The van der Waals surface area contributed by atoms with Crippen molar-refractivity contribution in [3.05, 3.63) is 51.7 Å². The van der Waals surface area contributed by atoms with Crippen LogP contribution in [0.4, 0.5) is 0 Å². The smallest absolute Gasteiger partial charge is 0.339 e. The third-order valence-electron chi connectivity index (χ3n) is 4.09. The summed E-state index contributed by atoms with van der Waals surface area (Å²) in [5.74, 6) is -0.816. The fraction of sp³-hybridized carbons (Fsp3) is 0.389. The van der Waals surface area contributed by atoms with Gasteiger partial charge in [-0.1, -0.05) is 12.1 Å². The number of carboxylic acids is 1. The van der Waals surface area contributed by atoms with Crippen LogP contribution < -0.4 is 10.1 Å². The molecule has 0 amide bonds. The SMILES string of the molecule is COc1ccc(C(C)NC[C@@H](O)CP(=O)(O)Cc2cccs2)cc1C(=O)O. The summed E-state index contributed by atoms with van der Waals surface area (Å²) in [7, 11) is -2.07. The zero-order valence-electron chi connectivity index (χ0n) is 15.2. The lowest BCUT2D eigenvalue weighted by atomic mass is 10.0. The molecule has 4 N–H and O–H groups in total. The molecule has 1 aromatic heterocycles. The van der Waals surface area contributed by atoms with Gasteiger partial charge in [-0.05, 0) is 36.1 Å². The van der Waals surface area contributed by atoms with E-state index in [1.807, 2.05) is 18.4 Å². The molecule has 7 nitrogen and oxygen atoms in total. The van der Waals surface area contributed by atoms with Crippen molar-refractivity contribution in [2.75, 3.05) is 19.8 Å². The van der Waals surface area contributed by atoms with E-state index in [1.165, 1.54) is 24.5 Å². The van der Waals surface area contributed by atoms with Gasteiger partial charge in [-0.2, -0.15) is 0 Å². The maximum absolute atomic E-state index is 12.3. The van der Waals surface area contributed by atoms with Gasteiger partial charge in [0.25, 0.3) is 0 Å². The van der Waals surface area contributed by atoms with Gasteiger partial charge in [0.15, 0.2) is 0 Å². The lowest BCUT2D eigenvalue weighted by Crippen LogP contribution is -2.31. The average Bonchev–Trinajstić information content (AvgIpc) is 3.10. The first kappa shape index (κ1) is 21.6. The maximum Gasteiger partial charge on any atom is 0.339 e. The highest BCUT2D eigenvalue weighted by molar-refractivity contribution is 7.57. The number of hydrogen-bond donors (Lipinski definition) is 4. The Kier molecular flexibility index (Phi) is 7.59. The second-order valence-electron chi connectivity index (χ2n) is 6.31. The number of aromatic carboxylic acids is 1. The predicted molar refractivity (Wildman–Crippen MR) is 105 cm³/mol. The number of methoxy groups -OCH3 is 1. The molecule has 0 fully saturated rings. The predicted octanol–water partition coefficient (Wildman–Crippen LogP) is 2.94. The number of benzene rings is 1. The van der Waals surface area contributed by atoms with Crippen molar-refractivity contribution in [3.8, 4) is 5.75 Å². The lowest BCUT2D eigenvalue weighted by molar-refractivity contribution is 0.0693. The number of ether oxygens (including phenoxy) is 1. The van der Waals surface area contributed by atoms with E-state index in [1.54, 1.807) is 18.2 Å². The zero-order chi connectivity index (χ0) is 20.0. The van der Waals surface area contributed by atoms with Crippen LogP contribution in [-0.2, 0) is 10.7 Å². The van der Waals surface area contributed by atoms with E-state index in [-0.39, 0.29) is 36.2 Å². The van der Waals surface area contributed by atoms with Gasteiger partial charge in [-0.15, -0.1) is 11.3 Å². The van der Waals surface area contributed by atoms with Crippen LogP contribution in [0.3, 0.4) is 0 Å². The first-order chi connectivity index (χ1) is 12.7. The van der Waals surface area contributed by atoms with E-state index in [2.05, 4.69) is 5.32 Å². The second-order valence-corrected chi connectivity index (χ2v) is 9.72. The van der Waals surface area contributed by atoms with Gasteiger partial charge in [-0.3, -0.25) is 4.57 Å². The molecule has 0 aliphatic rings. The molecule has 27 heavy (non-hydrogen) atoms. The minimum Gasteiger partial charge on any atom is -0.496 e. The van der Waals surface area contributed by atoms with Gasteiger partial charge in [-0.25, -0.2) is 4.79 Å². The molecule has 0 spiro atoms. The molecule has 0 saturated heterocycles. The standard InChI is InChI=1S/C18H24NO6PS/c1-12(13-5-6-17(25-2)16(8-13)18(21)22)19-9-14(20)10-26(23,24)11-15-4-3-7-27-15/h3-8,12,14,19-20H,9-11H2,1-2H3,(H,21,22)(H,23,24)/t12?,14-/m1/s1. The third kappa shape index (κ3) is 6.45. The van der Waals surface area contributed by atoms with Crippen molar-refractivity contribution in [3.63, 3.8) is 0 Å². The van der Waals surface area contributed by atoms with Crippen molar-refractivity contribution >= 4 is 24.7 Å². The van der Waals surface area contributed by atoms with Crippen molar-refractivity contribution in [2.24, 2.45) is 0 Å². The van der Waals surface area contributed by atoms with E-state index in [0.29, 0.717) is 5.56 Å². The van der Waals surface area contributed by atoms with Crippen molar-refractivity contribution < 1.29 is 29.2 Å². The molecule has 9 heteroatoms. The largest absolute Gasteiger partial charge is 0.496 e. The minimum atomic E-state index is -3.47. The summed E-state index contributed by atoms with van der Waals surface area (Å²) in [4.78, 5) is 22.2. The van der Waals surface area contributed by atoms with Crippen molar-refractivity contribution in [1.82, 2.24) is 5.32 Å². The molecule has 0 saturated carbocycles. The quantitative estimate of drug-likeness (QED) is 0.443.